The van der Waals surface area contributed by atoms with E-state index >= 15 is 0 Å². The molecule has 1 amide bonds. The molecule has 20 heavy (non-hydrogen) atoms. The van der Waals surface area contributed by atoms with Crippen LogP contribution in [0.1, 0.15) is 37.7 Å². The van der Waals surface area contributed by atoms with Gasteiger partial charge in [-0.1, -0.05) is 6.92 Å². The molecular formula is C15H20N4O. The van der Waals surface area contributed by atoms with Crippen molar-refractivity contribution in [2.45, 2.75) is 33.2 Å². The van der Waals surface area contributed by atoms with Gasteiger partial charge in [0.2, 0.25) is 0 Å². The second-order valence-electron chi connectivity index (χ2n) is 5.96. The fourth-order valence-electron chi connectivity index (χ4n) is 2.58. The molecule has 5 heteroatoms. The quantitative estimate of drug-likeness (QED) is 0.857. The fraction of sp³-hybridized carbons (Fsp3) is 0.533. The molecule has 1 saturated carbocycles. The van der Waals surface area contributed by atoms with Gasteiger partial charge >= 0.3 is 0 Å². The summed E-state index contributed by atoms with van der Waals surface area (Å²) in [6, 6.07) is 0.173. The molecule has 2 heterocycles. The monoisotopic (exact) mass is 272 g/mol. The van der Waals surface area contributed by atoms with Crippen LogP contribution in [-0.2, 0) is 0 Å². The first-order chi connectivity index (χ1) is 9.58. The number of imidazole rings is 1. The van der Waals surface area contributed by atoms with E-state index in [1.165, 1.54) is 6.42 Å². The van der Waals surface area contributed by atoms with Gasteiger partial charge in [-0.25, -0.2) is 9.97 Å². The highest BCUT2D eigenvalue weighted by Gasteiger charge is 2.36. The van der Waals surface area contributed by atoms with Gasteiger partial charge in [0.25, 0.3) is 5.91 Å². The van der Waals surface area contributed by atoms with E-state index in [0.29, 0.717) is 17.3 Å². The molecule has 0 aliphatic heterocycles. The van der Waals surface area contributed by atoms with E-state index in [-0.39, 0.29) is 11.9 Å². The summed E-state index contributed by atoms with van der Waals surface area (Å²) >= 11 is 0. The zero-order valence-corrected chi connectivity index (χ0v) is 12.2. The number of rotatable bonds is 4. The molecule has 2 aromatic rings. The lowest BCUT2D eigenvalue weighted by atomic mass is 10.2. The molecule has 3 rings (SSSR count). The van der Waals surface area contributed by atoms with Crippen LogP contribution >= 0.6 is 0 Å². The maximum atomic E-state index is 12.8. The van der Waals surface area contributed by atoms with Crippen LogP contribution in [0.4, 0.5) is 0 Å². The Labute approximate surface area is 118 Å². The van der Waals surface area contributed by atoms with Gasteiger partial charge in [0.15, 0.2) is 11.3 Å². The Bertz CT molecular complexity index is 634. The zero-order chi connectivity index (χ0) is 14.3. The molecule has 0 spiro atoms. The standard InChI is InChI=1S/C15H20N4O/c1-10(2)19(9-12-8-11(12)3)15(20)13-14-17-5-7-18(14)6-4-16-13/h4-7,10-12H,8-9H2,1-3H3/t11-,12+/m0/s1. The summed E-state index contributed by atoms with van der Waals surface area (Å²) in [6.07, 6.45) is 8.20. The third-order valence-electron chi connectivity index (χ3n) is 4.11. The van der Waals surface area contributed by atoms with Crippen LogP contribution in [0.2, 0.25) is 0 Å². The SMILES string of the molecule is CC(C)N(C[C@H]1C[C@@H]1C)C(=O)c1nccn2ccnc12. The first kappa shape index (κ1) is 13.1. The highest BCUT2D eigenvalue weighted by molar-refractivity contribution is 5.97. The molecule has 0 N–H and O–H groups in total. The molecule has 1 aliphatic carbocycles. The number of nitrogens with zero attached hydrogens (tertiary/aromatic N) is 4. The predicted molar refractivity (Wildman–Crippen MR) is 76.4 cm³/mol. The lowest BCUT2D eigenvalue weighted by Crippen LogP contribution is -2.39. The molecule has 5 nitrogen and oxygen atoms in total. The van der Waals surface area contributed by atoms with E-state index in [1.807, 2.05) is 21.7 Å². The highest BCUT2D eigenvalue weighted by Crippen LogP contribution is 2.38. The molecule has 2 atom stereocenters. The molecule has 0 bridgehead atoms. The Morgan fingerprint density at radius 1 is 1.40 bits per heavy atom. The summed E-state index contributed by atoms with van der Waals surface area (Å²) in [5.41, 5.74) is 1.08. The molecule has 1 aliphatic rings. The molecular weight excluding hydrogens is 252 g/mol. The fourth-order valence-corrected chi connectivity index (χ4v) is 2.58. The largest absolute Gasteiger partial charge is 0.334 e. The third-order valence-corrected chi connectivity index (χ3v) is 4.11. The van der Waals surface area contributed by atoms with Crippen molar-refractivity contribution in [3.8, 4) is 0 Å². The number of hydrogen-bond donors (Lipinski definition) is 0. The van der Waals surface area contributed by atoms with Crippen LogP contribution in [-0.4, -0.2) is 37.8 Å². The number of aromatic nitrogens is 3. The van der Waals surface area contributed by atoms with Crippen molar-refractivity contribution in [3.63, 3.8) is 0 Å². The molecule has 2 aromatic heterocycles. The van der Waals surface area contributed by atoms with Gasteiger partial charge in [-0.3, -0.25) is 4.79 Å². The topological polar surface area (TPSA) is 50.5 Å². The zero-order valence-electron chi connectivity index (χ0n) is 12.2. The summed E-state index contributed by atoms with van der Waals surface area (Å²) in [6.45, 7) is 7.16. The van der Waals surface area contributed by atoms with E-state index in [4.69, 9.17) is 0 Å². The van der Waals surface area contributed by atoms with E-state index in [0.717, 1.165) is 12.5 Å². The second-order valence-corrected chi connectivity index (χ2v) is 5.96. The van der Waals surface area contributed by atoms with Crippen molar-refractivity contribution in [2.24, 2.45) is 11.8 Å². The third kappa shape index (κ3) is 2.28. The first-order valence-corrected chi connectivity index (χ1v) is 7.16. The van der Waals surface area contributed by atoms with Gasteiger partial charge in [0.1, 0.15) is 0 Å². The lowest BCUT2D eigenvalue weighted by molar-refractivity contribution is 0.0689. The summed E-state index contributed by atoms with van der Waals surface area (Å²) < 4.78 is 1.83. The molecule has 0 radical (unpaired) electrons. The Balaban J connectivity index is 1.90. The van der Waals surface area contributed by atoms with Crippen molar-refractivity contribution in [3.05, 3.63) is 30.5 Å². The minimum Gasteiger partial charge on any atom is -0.334 e. The average molecular weight is 272 g/mol. The van der Waals surface area contributed by atoms with Crippen LogP contribution < -0.4 is 0 Å². The van der Waals surface area contributed by atoms with Crippen molar-refractivity contribution < 1.29 is 4.79 Å². The van der Waals surface area contributed by atoms with E-state index < -0.39 is 0 Å². The predicted octanol–water partition coefficient (Wildman–Crippen LogP) is 2.24. The molecule has 0 aromatic carbocycles. The summed E-state index contributed by atoms with van der Waals surface area (Å²) in [4.78, 5) is 23.2. The van der Waals surface area contributed by atoms with Crippen molar-refractivity contribution in [1.29, 1.82) is 0 Å². The van der Waals surface area contributed by atoms with Crippen LogP contribution in [0, 0.1) is 11.8 Å². The number of carbonyl (C=O) groups excluding carboxylic acids is 1. The first-order valence-electron chi connectivity index (χ1n) is 7.16. The van der Waals surface area contributed by atoms with Crippen molar-refractivity contribution in [1.82, 2.24) is 19.3 Å². The van der Waals surface area contributed by atoms with Crippen molar-refractivity contribution >= 4 is 11.6 Å². The Morgan fingerprint density at radius 3 is 2.65 bits per heavy atom. The van der Waals surface area contributed by atoms with Gasteiger partial charge in [-0.05, 0) is 32.1 Å². The second kappa shape index (κ2) is 4.89. The van der Waals surface area contributed by atoms with E-state index in [1.54, 1.807) is 12.4 Å². The highest BCUT2D eigenvalue weighted by atomic mass is 16.2. The maximum absolute atomic E-state index is 12.8. The van der Waals surface area contributed by atoms with Gasteiger partial charge in [0, 0.05) is 37.4 Å². The van der Waals surface area contributed by atoms with Crippen LogP contribution in [0.5, 0.6) is 0 Å². The lowest BCUT2D eigenvalue weighted by Gasteiger charge is -2.26. The molecule has 0 unspecified atom stereocenters. The van der Waals surface area contributed by atoms with Crippen LogP contribution in [0.3, 0.4) is 0 Å². The Morgan fingerprint density at radius 2 is 2.05 bits per heavy atom. The number of carbonyl (C=O) groups is 1. The van der Waals surface area contributed by atoms with Crippen LogP contribution in [0.15, 0.2) is 24.8 Å². The summed E-state index contributed by atoms with van der Waals surface area (Å²) in [5.74, 6) is 1.36. The summed E-state index contributed by atoms with van der Waals surface area (Å²) in [5, 5.41) is 0. The number of hydrogen-bond acceptors (Lipinski definition) is 3. The minimum absolute atomic E-state index is 0.0177. The molecule has 0 saturated heterocycles. The van der Waals surface area contributed by atoms with E-state index in [2.05, 4.69) is 30.7 Å². The van der Waals surface area contributed by atoms with E-state index in [9.17, 15) is 4.79 Å². The molecule has 106 valence electrons. The van der Waals surface area contributed by atoms with Gasteiger partial charge < -0.3 is 9.30 Å². The molecule has 1 fully saturated rings. The van der Waals surface area contributed by atoms with Gasteiger partial charge in [-0.15, -0.1) is 0 Å². The minimum atomic E-state index is -0.0177. The van der Waals surface area contributed by atoms with Crippen molar-refractivity contribution in [2.75, 3.05) is 6.54 Å². The van der Waals surface area contributed by atoms with Gasteiger partial charge in [-0.2, -0.15) is 0 Å². The Kier molecular flexibility index (Phi) is 3.20. The smallest absolute Gasteiger partial charge is 0.276 e. The maximum Gasteiger partial charge on any atom is 0.276 e. The number of fused-ring (bicyclic) bond motifs is 1. The van der Waals surface area contributed by atoms with Crippen LogP contribution in [0.25, 0.3) is 5.65 Å². The summed E-state index contributed by atoms with van der Waals surface area (Å²) in [7, 11) is 0. The normalized spacial score (nSPS) is 21.4. The van der Waals surface area contributed by atoms with Gasteiger partial charge in [0.05, 0.1) is 0 Å². The number of amides is 1. The average Bonchev–Trinajstić information content (AvgIpc) is 2.91. The Hall–Kier alpha value is -1.91.